The van der Waals surface area contributed by atoms with Gasteiger partial charge >= 0.3 is 0 Å². The number of aryl methyl sites for hydroxylation is 7. The molecule has 7 rings (SSSR count). The zero-order valence-electron chi connectivity index (χ0n) is 32.6. The van der Waals surface area contributed by atoms with E-state index in [4.69, 9.17) is 0 Å². The average molecular weight is 741 g/mol. The Morgan fingerprint density at radius 1 is 0.315 bits per heavy atom. The molecular formula is C50H48N2S2. The molecule has 4 heteroatoms. The molecule has 0 aromatic heterocycles. The summed E-state index contributed by atoms with van der Waals surface area (Å²) in [4.78, 5) is 9.85. The highest BCUT2D eigenvalue weighted by Crippen LogP contribution is 2.47. The Morgan fingerprint density at radius 3 is 1.28 bits per heavy atom. The Balaban J connectivity index is 1.42. The van der Waals surface area contributed by atoms with Crippen LogP contribution >= 0.6 is 23.5 Å². The van der Waals surface area contributed by atoms with Crippen molar-refractivity contribution < 1.29 is 0 Å². The number of hydrogen-bond acceptors (Lipinski definition) is 4. The fraction of sp³-hybridized carbons (Fsp3) is 0.160. The molecule has 0 atom stereocenters. The van der Waals surface area contributed by atoms with Crippen LogP contribution in [0, 0.1) is 55.4 Å². The van der Waals surface area contributed by atoms with Crippen LogP contribution in [-0.2, 0) is 0 Å². The lowest BCUT2D eigenvalue weighted by atomic mass is 10.0. The fourth-order valence-electron chi connectivity index (χ4n) is 7.04. The fourth-order valence-corrected chi connectivity index (χ4v) is 9.00. The van der Waals surface area contributed by atoms with Crippen LogP contribution in [0.25, 0.3) is 0 Å². The molecule has 0 aliphatic rings. The van der Waals surface area contributed by atoms with Gasteiger partial charge in [0.1, 0.15) is 0 Å². The first-order valence-electron chi connectivity index (χ1n) is 18.6. The first kappa shape index (κ1) is 37.2. The quantitative estimate of drug-likeness (QED) is 0.138. The Bertz CT molecular complexity index is 2440. The van der Waals surface area contributed by atoms with Gasteiger partial charge in [-0.1, -0.05) is 95.3 Å². The molecule has 0 unspecified atom stereocenters. The van der Waals surface area contributed by atoms with Crippen molar-refractivity contribution >= 4 is 57.6 Å². The Labute approximate surface area is 330 Å². The van der Waals surface area contributed by atoms with Gasteiger partial charge in [0.05, 0.1) is 17.1 Å². The number of hydrogen-bond donors (Lipinski definition) is 0. The molecule has 0 amide bonds. The second-order valence-corrected chi connectivity index (χ2v) is 16.8. The topological polar surface area (TPSA) is 6.48 Å². The molecule has 0 bridgehead atoms. The monoisotopic (exact) mass is 740 g/mol. The van der Waals surface area contributed by atoms with E-state index in [2.05, 4.69) is 211 Å². The molecule has 7 aromatic rings. The zero-order chi connectivity index (χ0) is 37.9. The van der Waals surface area contributed by atoms with Crippen LogP contribution in [0.2, 0.25) is 0 Å². The minimum atomic E-state index is 1.14. The SMILES string of the molecule is Cc1cccc(Sc2cccc(N(c3cc(C)ccc3C)c3cc(C)cc(N(c4cccc(C)c4)c4cc(Sc5cccc(C)c5)ccc4C)c3C)c2)c1. The van der Waals surface area contributed by atoms with E-state index in [0.29, 0.717) is 0 Å². The lowest BCUT2D eigenvalue weighted by Gasteiger charge is -2.34. The van der Waals surface area contributed by atoms with Gasteiger partial charge in [-0.05, 0) is 174 Å². The lowest BCUT2D eigenvalue weighted by Crippen LogP contribution is -2.17. The second-order valence-electron chi connectivity index (χ2n) is 14.5. The predicted molar refractivity (Wildman–Crippen MR) is 235 cm³/mol. The zero-order valence-corrected chi connectivity index (χ0v) is 34.2. The van der Waals surface area contributed by atoms with Crippen molar-refractivity contribution in [2.24, 2.45) is 0 Å². The summed E-state index contributed by atoms with van der Waals surface area (Å²) in [5, 5.41) is 0. The molecule has 7 aromatic carbocycles. The van der Waals surface area contributed by atoms with E-state index in [1.165, 1.54) is 75.5 Å². The van der Waals surface area contributed by atoms with E-state index in [1.54, 1.807) is 0 Å². The largest absolute Gasteiger partial charge is 0.310 e. The molecule has 0 heterocycles. The smallest absolute Gasteiger partial charge is 0.0514 e. The van der Waals surface area contributed by atoms with Crippen molar-refractivity contribution in [2.45, 2.75) is 75.0 Å². The van der Waals surface area contributed by atoms with Crippen molar-refractivity contribution in [1.29, 1.82) is 0 Å². The summed E-state index contributed by atoms with van der Waals surface area (Å²) in [5.74, 6) is 0. The molecule has 0 aliphatic heterocycles. The van der Waals surface area contributed by atoms with Crippen LogP contribution in [-0.4, -0.2) is 0 Å². The maximum absolute atomic E-state index is 2.47. The second kappa shape index (κ2) is 16.1. The summed E-state index contributed by atoms with van der Waals surface area (Å²) in [5.41, 5.74) is 16.8. The maximum atomic E-state index is 2.47. The molecular weight excluding hydrogens is 693 g/mol. The molecule has 0 aliphatic carbocycles. The van der Waals surface area contributed by atoms with Crippen molar-refractivity contribution in [3.05, 3.63) is 190 Å². The van der Waals surface area contributed by atoms with E-state index in [9.17, 15) is 0 Å². The number of benzene rings is 7. The molecule has 0 saturated carbocycles. The highest BCUT2D eigenvalue weighted by Gasteiger charge is 2.24. The van der Waals surface area contributed by atoms with Crippen LogP contribution in [0.3, 0.4) is 0 Å². The molecule has 0 fully saturated rings. The first-order chi connectivity index (χ1) is 26.0. The van der Waals surface area contributed by atoms with Gasteiger partial charge in [-0.15, -0.1) is 0 Å². The van der Waals surface area contributed by atoms with Crippen molar-refractivity contribution in [3.63, 3.8) is 0 Å². The summed E-state index contributed by atoms with van der Waals surface area (Å²) in [6.45, 7) is 17.6. The van der Waals surface area contributed by atoms with Gasteiger partial charge in [0, 0.05) is 36.6 Å². The van der Waals surface area contributed by atoms with E-state index in [-0.39, 0.29) is 0 Å². The van der Waals surface area contributed by atoms with Gasteiger partial charge in [0.2, 0.25) is 0 Å². The van der Waals surface area contributed by atoms with Crippen molar-refractivity contribution in [3.8, 4) is 0 Å². The highest BCUT2D eigenvalue weighted by molar-refractivity contribution is 7.99. The van der Waals surface area contributed by atoms with Gasteiger partial charge in [0.25, 0.3) is 0 Å². The third-order valence-corrected chi connectivity index (χ3v) is 11.8. The van der Waals surface area contributed by atoms with Gasteiger partial charge < -0.3 is 9.80 Å². The molecule has 0 radical (unpaired) electrons. The van der Waals surface area contributed by atoms with Gasteiger partial charge in [-0.25, -0.2) is 0 Å². The first-order valence-corrected chi connectivity index (χ1v) is 20.2. The summed E-state index contributed by atoms with van der Waals surface area (Å²) >= 11 is 3.62. The van der Waals surface area contributed by atoms with E-state index < -0.39 is 0 Å². The molecule has 270 valence electrons. The van der Waals surface area contributed by atoms with Gasteiger partial charge in [0.15, 0.2) is 0 Å². The minimum absolute atomic E-state index is 1.14. The maximum Gasteiger partial charge on any atom is 0.0514 e. The van der Waals surface area contributed by atoms with Crippen LogP contribution in [0.15, 0.2) is 165 Å². The van der Waals surface area contributed by atoms with E-state index >= 15 is 0 Å². The van der Waals surface area contributed by atoms with Gasteiger partial charge in [-0.2, -0.15) is 0 Å². The normalized spacial score (nSPS) is 11.1. The lowest BCUT2D eigenvalue weighted by molar-refractivity contribution is 1.16. The standard InChI is InChI=1S/C50H48N2S2/c1-33-13-9-16-41(25-33)51(48-32-46(24-23-39(48)7)54-44-19-11-15-35(3)27-44)49-29-37(5)30-50(40(49)8)52(47-28-36(4)21-22-38(47)6)42-17-12-20-45(31-42)53-43-18-10-14-34(2)26-43/h9-32H,1-8H3. The van der Waals surface area contributed by atoms with Crippen molar-refractivity contribution in [2.75, 3.05) is 9.80 Å². The van der Waals surface area contributed by atoms with Crippen LogP contribution in [0.5, 0.6) is 0 Å². The summed E-state index contributed by atoms with van der Waals surface area (Å²) in [7, 11) is 0. The summed E-state index contributed by atoms with van der Waals surface area (Å²) in [6.07, 6.45) is 0. The number of rotatable bonds is 10. The number of nitrogens with zero attached hydrogens (tertiary/aromatic N) is 2. The summed E-state index contributed by atoms with van der Waals surface area (Å²) < 4.78 is 0. The van der Waals surface area contributed by atoms with Crippen LogP contribution < -0.4 is 9.80 Å². The van der Waals surface area contributed by atoms with Crippen molar-refractivity contribution in [1.82, 2.24) is 0 Å². The minimum Gasteiger partial charge on any atom is -0.310 e. The third kappa shape index (κ3) is 8.31. The molecule has 54 heavy (non-hydrogen) atoms. The molecule has 0 saturated heterocycles. The number of anilines is 6. The van der Waals surface area contributed by atoms with Crippen LogP contribution in [0.4, 0.5) is 34.1 Å². The summed E-state index contributed by atoms with van der Waals surface area (Å²) in [6, 6.07) is 53.7. The predicted octanol–water partition coefficient (Wildman–Crippen LogP) is 15.4. The molecule has 0 N–H and O–H groups in total. The third-order valence-electron chi connectivity index (χ3n) is 9.79. The van der Waals surface area contributed by atoms with Gasteiger partial charge in [-0.3, -0.25) is 0 Å². The van der Waals surface area contributed by atoms with E-state index in [1.807, 2.05) is 23.5 Å². The molecule has 2 nitrogen and oxygen atoms in total. The Hall–Kier alpha value is -5.16. The Morgan fingerprint density at radius 2 is 0.722 bits per heavy atom. The Kier molecular flexibility index (Phi) is 11.1. The highest BCUT2D eigenvalue weighted by atomic mass is 32.2. The molecule has 0 spiro atoms. The van der Waals surface area contributed by atoms with Crippen LogP contribution in [0.1, 0.15) is 44.5 Å². The average Bonchev–Trinajstić information content (AvgIpc) is 3.13. The van der Waals surface area contributed by atoms with E-state index in [0.717, 1.165) is 22.7 Å².